The second-order valence-corrected chi connectivity index (χ2v) is 9.15. The number of pyridine rings is 2. The molecule has 2 unspecified atom stereocenters. The second-order valence-electron chi connectivity index (χ2n) is 7.77. The molecule has 1 fully saturated rings. The van der Waals surface area contributed by atoms with Crippen molar-refractivity contribution in [2.45, 2.75) is 17.9 Å². The first-order chi connectivity index (χ1) is 15.5. The predicted molar refractivity (Wildman–Crippen MR) is 122 cm³/mol. The van der Waals surface area contributed by atoms with E-state index in [0.29, 0.717) is 47.0 Å². The Morgan fingerprint density at radius 1 is 1.19 bits per heavy atom. The van der Waals surface area contributed by atoms with Crippen LogP contribution in [-0.4, -0.2) is 56.4 Å². The lowest BCUT2D eigenvalue weighted by Crippen LogP contribution is -2.44. The van der Waals surface area contributed by atoms with Gasteiger partial charge in [-0.15, -0.1) is 0 Å². The van der Waals surface area contributed by atoms with E-state index in [1.807, 2.05) is 18.2 Å². The molecule has 0 spiro atoms. The van der Waals surface area contributed by atoms with E-state index >= 15 is 4.39 Å². The fourth-order valence-corrected chi connectivity index (χ4v) is 4.59. The Balaban J connectivity index is 1.81. The lowest BCUT2D eigenvalue weighted by atomic mass is 9.99. The zero-order valence-corrected chi connectivity index (χ0v) is 18.5. The third-order valence-corrected chi connectivity index (χ3v) is 6.61. The number of halogens is 1. The summed E-state index contributed by atoms with van der Waals surface area (Å²) in [4.78, 5) is 12.2. The van der Waals surface area contributed by atoms with Crippen molar-refractivity contribution in [3.05, 3.63) is 54.6 Å². The van der Waals surface area contributed by atoms with E-state index < -0.39 is 10.8 Å². The third kappa shape index (κ3) is 3.67. The summed E-state index contributed by atoms with van der Waals surface area (Å²) in [6, 6.07) is 10.3. The minimum Gasteiger partial charge on any atom is -0.377 e. The van der Waals surface area contributed by atoms with Crippen LogP contribution >= 0.6 is 0 Å². The number of benzene rings is 1. The number of hydrogen-bond acceptors (Lipinski definition) is 6. The van der Waals surface area contributed by atoms with Crippen molar-refractivity contribution in [3.8, 4) is 22.5 Å². The molecule has 4 aromatic rings. The summed E-state index contributed by atoms with van der Waals surface area (Å²) < 4.78 is 32.8. The molecule has 0 radical (unpaired) electrons. The average Bonchev–Trinajstić information content (AvgIpc) is 3.33. The largest absolute Gasteiger partial charge is 0.377 e. The van der Waals surface area contributed by atoms with Gasteiger partial charge in [-0.25, -0.2) is 9.37 Å². The van der Waals surface area contributed by atoms with Gasteiger partial charge in [-0.1, -0.05) is 0 Å². The van der Waals surface area contributed by atoms with Gasteiger partial charge in [0.25, 0.3) is 0 Å². The first kappa shape index (κ1) is 20.7. The molecule has 1 aromatic carbocycles. The average molecular weight is 452 g/mol. The molecule has 0 amide bonds. The highest BCUT2D eigenvalue weighted by atomic mass is 32.2. The van der Waals surface area contributed by atoms with Crippen LogP contribution in [-0.2, 0) is 15.5 Å². The van der Waals surface area contributed by atoms with Crippen molar-refractivity contribution in [2.24, 2.45) is 0 Å². The van der Waals surface area contributed by atoms with Crippen molar-refractivity contribution >= 4 is 27.5 Å². The fraction of sp³-hybridized carbons (Fsp3) is 0.261. The van der Waals surface area contributed by atoms with Crippen LogP contribution in [0.2, 0.25) is 0 Å². The first-order valence-electron chi connectivity index (χ1n) is 10.3. The van der Waals surface area contributed by atoms with E-state index in [4.69, 9.17) is 9.72 Å². The number of anilines is 1. The Morgan fingerprint density at radius 3 is 2.81 bits per heavy atom. The van der Waals surface area contributed by atoms with Crippen LogP contribution < -0.4 is 4.90 Å². The Hall–Kier alpha value is -3.17. The maximum atomic E-state index is 15.1. The van der Waals surface area contributed by atoms with Gasteiger partial charge >= 0.3 is 0 Å². The number of morpholine rings is 1. The lowest BCUT2D eigenvalue weighted by Gasteiger charge is -2.34. The molecule has 5 rings (SSSR count). The molecule has 1 aliphatic rings. The van der Waals surface area contributed by atoms with Crippen molar-refractivity contribution < 1.29 is 13.3 Å². The topological polar surface area (TPSA) is 84.0 Å². The molecule has 32 heavy (non-hydrogen) atoms. The molecule has 1 N–H and O–H groups in total. The smallest absolute Gasteiger partial charge is 0.131 e. The summed E-state index contributed by atoms with van der Waals surface area (Å²) in [5.41, 5.74) is 3.07. The van der Waals surface area contributed by atoms with Gasteiger partial charge in [0, 0.05) is 51.8 Å². The monoisotopic (exact) mass is 451 g/mol. The maximum absolute atomic E-state index is 15.1. The molecule has 0 bridgehead atoms. The highest BCUT2D eigenvalue weighted by Gasteiger charge is 2.24. The number of aromatic amines is 1. The Bertz CT molecular complexity index is 1310. The first-order valence-corrected chi connectivity index (χ1v) is 11.9. The van der Waals surface area contributed by atoms with Gasteiger partial charge in [-0.3, -0.25) is 14.3 Å². The van der Waals surface area contributed by atoms with Gasteiger partial charge < -0.3 is 9.64 Å². The van der Waals surface area contributed by atoms with Crippen molar-refractivity contribution in [2.75, 3.05) is 30.9 Å². The SMILES string of the molecule is CC1COCCN1c1cc(-c2cc(S(C)=O)ccc2F)c2ccnc(-c3ccn[nH]3)c2n1. The van der Waals surface area contributed by atoms with E-state index in [1.165, 1.54) is 6.07 Å². The highest BCUT2D eigenvalue weighted by molar-refractivity contribution is 7.84. The van der Waals surface area contributed by atoms with E-state index in [0.717, 1.165) is 16.9 Å². The number of ether oxygens (including phenoxy) is 1. The van der Waals surface area contributed by atoms with Gasteiger partial charge in [0.1, 0.15) is 22.8 Å². The van der Waals surface area contributed by atoms with E-state index in [9.17, 15) is 4.21 Å². The molecule has 0 aliphatic carbocycles. The molecular formula is C23H22FN5O2S. The van der Waals surface area contributed by atoms with E-state index in [2.05, 4.69) is 27.0 Å². The summed E-state index contributed by atoms with van der Waals surface area (Å²) in [7, 11) is -1.23. The van der Waals surface area contributed by atoms with Gasteiger partial charge in [0.2, 0.25) is 0 Å². The molecule has 4 heterocycles. The van der Waals surface area contributed by atoms with E-state index in [-0.39, 0.29) is 11.9 Å². The number of aromatic nitrogens is 4. The van der Waals surface area contributed by atoms with Gasteiger partial charge in [-0.05, 0) is 48.9 Å². The van der Waals surface area contributed by atoms with Crippen LogP contribution in [0.4, 0.5) is 10.2 Å². The zero-order valence-electron chi connectivity index (χ0n) is 17.7. The highest BCUT2D eigenvalue weighted by Crippen LogP contribution is 2.37. The van der Waals surface area contributed by atoms with Crippen LogP contribution in [0.25, 0.3) is 33.4 Å². The number of rotatable bonds is 4. The molecule has 2 atom stereocenters. The van der Waals surface area contributed by atoms with Crippen molar-refractivity contribution in [1.82, 2.24) is 20.2 Å². The number of H-pyrrole nitrogens is 1. The molecule has 3 aromatic heterocycles. The number of nitrogens with one attached hydrogen (secondary N) is 1. The van der Waals surface area contributed by atoms with E-state index in [1.54, 1.807) is 30.8 Å². The Kier molecular flexibility index (Phi) is 5.44. The number of hydrogen-bond donors (Lipinski definition) is 1. The summed E-state index contributed by atoms with van der Waals surface area (Å²) in [6.07, 6.45) is 4.92. The van der Waals surface area contributed by atoms with Crippen LogP contribution in [0.5, 0.6) is 0 Å². The normalized spacial score (nSPS) is 17.6. The van der Waals surface area contributed by atoms with Crippen LogP contribution in [0.1, 0.15) is 6.92 Å². The van der Waals surface area contributed by atoms with Crippen LogP contribution in [0.3, 0.4) is 0 Å². The Morgan fingerprint density at radius 2 is 2.06 bits per heavy atom. The van der Waals surface area contributed by atoms with Crippen molar-refractivity contribution in [3.63, 3.8) is 0 Å². The van der Waals surface area contributed by atoms with Gasteiger partial charge in [-0.2, -0.15) is 5.10 Å². The minimum atomic E-state index is -1.23. The maximum Gasteiger partial charge on any atom is 0.131 e. The molecule has 164 valence electrons. The zero-order chi connectivity index (χ0) is 22.2. The molecule has 9 heteroatoms. The molecule has 7 nitrogen and oxygen atoms in total. The predicted octanol–water partition coefficient (Wildman–Crippen LogP) is 3.79. The lowest BCUT2D eigenvalue weighted by molar-refractivity contribution is 0.0986. The molecule has 0 saturated carbocycles. The van der Waals surface area contributed by atoms with Gasteiger partial charge in [0.05, 0.1) is 24.9 Å². The number of fused-ring (bicyclic) bond motifs is 1. The quantitative estimate of drug-likeness (QED) is 0.508. The van der Waals surface area contributed by atoms with Crippen molar-refractivity contribution in [1.29, 1.82) is 0 Å². The molecular weight excluding hydrogens is 429 g/mol. The second kappa shape index (κ2) is 8.40. The van der Waals surface area contributed by atoms with Crippen LogP contribution in [0, 0.1) is 5.82 Å². The minimum absolute atomic E-state index is 0.119. The summed E-state index contributed by atoms with van der Waals surface area (Å²) in [6.45, 7) is 3.94. The molecule has 1 aliphatic heterocycles. The van der Waals surface area contributed by atoms with Crippen LogP contribution in [0.15, 0.2) is 53.7 Å². The molecule has 1 saturated heterocycles. The van der Waals surface area contributed by atoms with Gasteiger partial charge in [0.15, 0.2) is 0 Å². The summed E-state index contributed by atoms with van der Waals surface area (Å²) in [5, 5.41) is 7.75. The third-order valence-electron chi connectivity index (χ3n) is 5.69. The number of nitrogens with zero attached hydrogens (tertiary/aromatic N) is 4. The summed E-state index contributed by atoms with van der Waals surface area (Å²) in [5.74, 6) is 0.340. The standard InChI is InChI=1S/C23H22FN5O2S/c1-14-13-31-10-9-29(14)21-12-17(18-11-15(32(2)30)3-4-19(18)24)16-5-7-25-23(22(16)27-21)20-6-8-26-28-20/h3-8,11-12,14H,9-10,13H2,1-2H3,(H,26,28). The fourth-order valence-electron chi connectivity index (χ4n) is 4.05. The summed E-state index contributed by atoms with van der Waals surface area (Å²) >= 11 is 0. The Labute approximate surface area is 187 Å².